The first-order valence-electron chi connectivity index (χ1n) is 12.4. The topological polar surface area (TPSA) is 29.3 Å². The van der Waals surface area contributed by atoms with Gasteiger partial charge >= 0.3 is 6.18 Å². The lowest BCUT2D eigenvalue weighted by Gasteiger charge is -2.19. The normalized spacial score (nSPS) is 15.6. The van der Waals surface area contributed by atoms with Gasteiger partial charge in [0.05, 0.1) is 5.57 Å². The minimum absolute atomic E-state index is 0.230. The fourth-order valence-corrected chi connectivity index (χ4v) is 3.46. The molecular weight excluding hydrogens is 490 g/mol. The number of rotatable bonds is 6. The number of hydrogen-bond donors (Lipinski definition) is 1. The zero-order valence-corrected chi connectivity index (χ0v) is 22.9. The quantitative estimate of drug-likeness (QED) is 0.226. The highest BCUT2D eigenvalue weighted by Crippen LogP contribution is 2.34. The Morgan fingerprint density at radius 3 is 2.11 bits per heavy atom. The summed E-state index contributed by atoms with van der Waals surface area (Å²) in [5.74, 6) is -1.78. The molecule has 1 aliphatic rings. The summed E-state index contributed by atoms with van der Waals surface area (Å²) < 4.78 is 78.0. The van der Waals surface area contributed by atoms with E-state index < -0.39 is 30.1 Å². The molecule has 1 saturated heterocycles. The fraction of sp³-hybridized carbons (Fsp3) is 0.448. The number of nitrogens with zero attached hydrogens (tertiary/aromatic N) is 1. The molecule has 1 aliphatic heterocycles. The Morgan fingerprint density at radius 1 is 1.11 bits per heavy atom. The van der Waals surface area contributed by atoms with Crippen LogP contribution in [0, 0.1) is 11.6 Å². The van der Waals surface area contributed by atoms with E-state index in [1.54, 1.807) is 19.9 Å². The lowest BCUT2D eigenvalue weighted by molar-refractivity contribution is -0.0884. The molecule has 1 heterocycles. The molecule has 0 aromatic heterocycles. The molecule has 1 aromatic carbocycles. The number of nitrogen functional groups attached to an aromatic ring is 1. The van der Waals surface area contributed by atoms with Gasteiger partial charge in [-0.1, -0.05) is 38.5 Å². The van der Waals surface area contributed by atoms with Gasteiger partial charge in [-0.15, -0.1) is 0 Å². The Balaban J connectivity index is 0.000000977. The highest BCUT2D eigenvalue weighted by Gasteiger charge is 2.32. The molecule has 2 N–H and O–H groups in total. The van der Waals surface area contributed by atoms with Crippen molar-refractivity contribution in [3.05, 3.63) is 87.7 Å². The van der Waals surface area contributed by atoms with Gasteiger partial charge in [-0.25, -0.2) is 13.2 Å². The summed E-state index contributed by atoms with van der Waals surface area (Å²) >= 11 is 0. The second-order valence-corrected chi connectivity index (χ2v) is 8.32. The van der Waals surface area contributed by atoms with Gasteiger partial charge in [-0.2, -0.15) is 13.2 Å². The summed E-state index contributed by atoms with van der Waals surface area (Å²) in [5.41, 5.74) is 7.77. The fourth-order valence-electron chi connectivity index (χ4n) is 3.46. The number of alkyl halides is 4. The van der Waals surface area contributed by atoms with Crippen molar-refractivity contribution in [3.63, 3.8) is 0 Å². The van der Waals surface area contributed by atoms with Crippen molar-refractivity contribution in [1.29, 1.82) is 0 Å². The van der Waals surface area contributed by atoms with Crippen molar-refractivity contribution in [2.75, 3.05) is 26.0 Å². The molecule has 1 aromatic rings. The number of allylic oxidation sites excluding steroid dienone is 10. The maximum Gasteiger partial charge on any atom is 0.416 e. The SMILES string of the molecule is CC.C\C=C(CF)/C(=C\C(=C\CC)C(F)(F)F)C(/C=C1/CCCN1C)=C(C)C.Nc1ccc(F)c(F)c1. The number of benzene rings is 1. The molecule has 0 saturated carbocycles. The molecule has 0 unspecified atom stereocenters. The third kappa shape index (κ3) is 11.4. The number of hydrogen-bond acceptors (Lipinski definition) is 2. The number of nitrogens with two attached hydrogens (primary N) is 1. The Hall–Kier alpha value is -2.90. The van der Waals surface area contributed by atoms with Crippen LogP contribution in [0.3, 0.4) is 0 Å². The van der Waals surface area contributed by atoms with E-state index in [9.17, 15) is 26.3 Å². The summed E-state index contributed by atoms with van der Waals surface area (Å²) in [6, 6.07) is 3.23. The molecule has 0 radical (unpaired) electrons. The molecule has 0 spiro atoms. The zero-order valence-electron chi connectivity index (χ0n) is 22.9. The van der Waals surface area contributed by atoms with Crippen LogP contribution >= 0.6 is 0 Å². The molecule has 0 amide bonds. The number of anilines is 1. The van der Waals surface area contributed by atoms with Gasteiger partial charge in [-0.05, 0) is 87.1 Å². The number of halogens is 6. The largest absolute Gasteiger partial charge is 0.416 e. The van der Waals surface area contributed by atoms with E-state index >= 15 is 0 Å². The molecule has 37 heavy (non-hydrogen) atoms. The van der Waals surface area contributed by atoms with Crippen molar-refractivity contribution in [2.45, 2.75) is 67.0 Å². The van der Waals surface area contributed by atoms with E-state index in [1.165, 1.54) is 6.07 Å². The summed E-state index contributed by atoms with van der Waals surface area (Å²) in [5, 5.41) is 0. The molecule has 0 atom stereocenters. The predicted octanol–water partition coefficient (Wildman–Crippen LogP) is 9.25. The molecule has 208 valence electrons. The lowest BCUT2D eigenvalue weighted by Crippen LogP contribution is -2.13. The van der Waals surface area contributed by atoms with Crippen molar-refractivity contribution in [3.8, 4) is 0 Å². The van der Waals surface area contributed by atoms with Gasteiger partial charge in [0.25, 0.3) is 0 Å². The summed E-state index contributed by atoms with van der Waals surface area (Å²) in [6.07, 6.45) is 3.36. The van der Waals surface area contributed by atoms with E-state index in [1.807, 2.05) is 40.8 Å². The van der Waals surface area contributed by atoms with Gasteiger partial charge in [-0.3, -0.25) is 0 Å². The number of likely N-dealkylation sites (tertiary alicyclic amines) is 1. The van der Waals surface area contributed by atoms with E-state index in [-0.39, 0.29) is 17.7 Å². The van der Waals surface area contributed by atoms with Crippen LogP contribution < -0.4 is 5.73 Å². The van der Waals surface area contributed by atoms with Crippen LogP contribution in [-0.4, -0.2) is 31.3 Å². The first-order valence-corrected chi connectivity index (χ1v) is 12.4. The second-order valence-electron chi connectivity index (χ2n) is 8.32. The average molecular weight is 531 g/mol. The minimum atomic E-state index is -4.47. The van der Waals surface area contributed by atoms with Gasteiger partial charge in [0.1, 0.15) is 6.67 Å². The lowest BCUT2D eigenvalue weighted by atomic mass is 9.91. The Kier molecular flexibility index (Phi) is 15.5. The molecule has 1 fully saturated rings. The van der Waals surface area contributed by atoms with E-state index in [0.717, 1.165) is 54.9 Å². The van der Waals surface area contributed by atoms with Crippen molar-refractivity contribution >= 4 is 5.69 Å². The van der Waals surface area contributed by atoms with Gasteiger partial charge in [0.15, 0.2) is 11.6 Å². The highest BCUT2D eigenvalue weighted by molar-refractivity contribution is 5.57. The van der Waals surface area contributed by atoms with E-state index in [4.69, 9.17) is 5.73 Å². The summed E-state index contributed by atoms with van der Waals surface area (Å²) in [7, 11) is 1.97. The third-order valence-corrected chi connectivity index (χ3v) is 5.39. The Bertz CT molecular complexity index is 1010. The van der Waals surface area contributed by atoms with Gasteiger partial charge in [0, 0.05) is 25.0 Å². The first kappa shape index (κ1) is 34.1. The molecule has 2 nitrogen and oxygen atoms in total. The van der Waals surface area contributed by atoms with E-state index in [2.05, 4.69) is 4.90 Å². The second kappa shape index (κ2) is 16.8. The predicted molar refractivity (Wildman–Crippen MR) is 143 cm³/mol. The van der Waals surface area contributed by atoms with Crippen LogP contribution in [0.4, 0.5) is 32.0 Å². The van der Waals surface area contributed by atoms with Crippen LogP contribution in [-0.2, 0) is 0 Å². The molecule has 8 heteroatoms. The molecular formula is C29H40F6N2. The van der Waals surface area contributed by atoms with Crippen LogP contribution in [0.15, 0.2) is 76.1 Å². The highest BCUT2D eigenvalue weighted by atomic mass is 19.4. The smallest absolute Gasteiger partial charge is 0.399 e. The summed E-state index contributed by atoms with van der Waals surface area (Å²) in [4.78, 5) is 2.10. The van der Waals surface area contributed by atoms with Crippen LogP contribution in [0.1, 0.15) is 60.8 Å². The zero-order chi connectivity index (χ0) is 28.8. The summed E-state index contributed by atoms with van der Waals surface area (Å²) in [6.45, 7) is 11.1. The maximum absolute atomic E-state index is 13.6. The van der Waals surface area contributed by atoms with Gasteiger partial charge < -0.3 is 10.6 Å². The van der Waals surface area contributed by atoms with Crippen molar-refractivity contribution < 1.29 is 26.3 Å². The van der Waals surface area contributed by atoms with Crippen LogP contribution in [0.25, 0.3) is 0 Å². The maximum atomic E-state index is 13.6. The molecule has 0 bridgehead atoms. The van der Waals surface area contributed by atoms with Crippen LogP contribution in [0.5, 0.6) is 0 Å². The monoisotopic (exact) mass is 530 g/mol. The first-order chi connectivity index (χ1) is 17.3. The van der Waals surface area contributed by atoms with Crippen molar-refractivity contribution in [2.24, 2.45) is 0 Å². The minimum Gasteiger partial charge on any atom is -0.399 e. The molecule has 0 aliphatic carbocycles. The van der Waals surface area contributed by atoms with Gasteiger partial charge in [0.2, 0.25) is 0 Å². The Morgan fingerprint density at radius 2 is 1.73 bits per heavy atom. The van der Waals surface area contributed by atoms with E-state index in [0.29, 0.717) is 11.1 Å². The average Bonchev–Trinajstić information content (AvgIpc) is 3.25. The van der Waals surface area contributed by atoms with Crippen LogP contribution in [0.2, 0.25) is 0 Å². The third-order valence-electron chi connectivity index (χ3n) is 5.39. The molecule has 2 rings (SSSR count). The Labute approximate surface area is 217 Å². The van der Waals surface area contributed by atoms with Crippen molar-refractivity contribution in [1.82, 2.24) is 4.90 Å². The standard InChI is InChI=1S/C21H29F4N.C6H5F2N.C2H6/c1-6-9-17(21(23,24)25)12-20(16(7-2)14-22)19(15(3)4)13-18-10-8-11-26(18)5;7-5-2-1-4(9)3-6(5)8;1-2/h7,9,12-13H,6,8,10-11,14H2,1-5H3;1-3H,9H2;1-2H3/b16-7-,17-9-,18-13-,20-12+;;.